The fraction of sp³-hybridized carbons (Fsp3) is 0.714. The molecule has 0 saturated carbocycles. The van der Waals surface area contributed by atoms with Gasteiger partial charge in [0.15, 0.2) is 5.79 Å². The Morgan fingerprint density at radius 3 is 1.62 bits per heavy atom. The third kappa shape index (κ3) is 7.23. The van der Waals surface area contributed by atoms with Gasteiger partial charge in [-0.1, -0.05) is 0 Å². The van der Waals surface area contributed by atoms with E-state index >= 15 is 0 Å². The number of aliphatic carboxylic acids is 2. The minimum absolute atomic E-state index is 0.521. The van der Waals surface area contributed by atoms with E-state index in [1.54, 1.807) is 0 Å². The van der Waals surface area contributed by atoms with Crippen molar-refractivity contribution in [1.29, 1.82) is 0 Å². The van der Waals surface area contributed by atoms with Crippen LogP contribution in [-0.2, 0) is 19.1 Å². The Balaban J connectivity index is 3.79. The van der Waals surface area contributed by atoms with Gasteiger partial charge in [-0.15, -0.1) is 0 Å². The minimum atomic E-state index is -1.20. The maximum Gasteiger partial charge on any atom is 0.329 e. The van der Waals surface area contributed by atoms with Crippen molar-refractivity contribution in [3.8, 4) is 0 Å². The fourth-order valence-corrected chi connectivity index (χ4v) is 0.513. The standard InChI is InChI=1S/C7H12O6/c1-7(2,12-3-5(8)9)13-4-6(10)11/h3-4H2,1-2H3,(H,8,9)(H,10,11). The fourth-order valence-electron chi connectivity index (χ4n) is 0.513. The molecule has 0 atom stereocenters. The molecule has 0 aliphatic carbocycles. The largest absolute Gasteiger partial charge is 0.480 e. The molecular formula is C7H12O6. The molecule has 0 aromatic heterocycles. The summed E-state index contributed by atoms with van der Waals surface area (Å²) < 4.78 is 9.51. The molecule has 76 valence electrons. The molecule has 0 spiro atoms. The van der Waals surface area contributed by atoms with Crippen molar-refractivity contribution in [1.82, 2.24) is 0 Å². The Kier molecular flexibility index (Phi) is 4.36. The summed E-state index contributed by atoms with van der Waals surface area (Å²) in [6.07, 6.45) is 0. The average molecular weight is 192 g/mol. The number of carboxylic acid groups (broad SMARTS) is 2. The molecule has 0 amide bonds. The van der Waals surface area contributed by atoms with Crippen molar-refractivity contribution in [2.45, 2.75) is 19.6 Å². The maximum absolute atomic E-state index is 10.1. The van der Waals surface area contributed by atoms with Gasteiger partial charge >= 0.3 is 11.9 Å². The highest BCUT2D eigenvalue weighted by atomic mass is 16.7. The second-order valence-corrected chi connectivity index (χ2v) is 2.76. The van der Waals surface area contributed by atoms with Gasteiger partial charge < -0.3 is 19.7 Å². The lowest BCUT2D eigenvalue weighted by Crippen LogP contribution is -2.32. The molecule has 2 N–H and O–H groups in total. The summed E-state index contributed by atoms with van der Waals surface area (Å²) in [6, 6.07) is 0. The molecule has 6 heteroatoms. The quantitative estimate of drug-likeness (QED) is 0.572. The van der Waals surface area contributed by atoms with E-state index in [-0.39, 0.29) is 0 Å². The first-order chi connectivity index (χ1) is 5.83. The summed E-state index contributed by atoms with van der Waals surface area (Å²) in [5.41, 5.74) is 0. The first-order valence-corrected chi connectivity index (χ1v) is 3.55. The first kappa shape index (κ1) is 11.9. The van der Waals surface area contributed by atoms with Crippen LogP contribution in [0.2, 0.25) is 0 Å². The Labute approximate surface area is 75.1 Å². The van der Waals surface area contributed by atoms with Crippen LogP contribution in [0.5, 0.6) is 0 Å². The number of rotatable bonds is 6. The molecule has 0 aliphatic rings. The molecule has 0 aromatic carbocycles. The summed E-state index contributed by atoms with van der Waals surface area (Å²) in [5, 5.41) is 16.5. The summed E-state index contributed by atoms with van der Waals surface area (Å²) in [6.45, 7) is 1.84. The van der Waals surface area contributed by atoms with Gasteiger partial charge in [-0.3, -0.25) is 0 Å². The Morgan fingerprint density at radius 1 is 1.08 bits per heavy atom. The highest BCUT2D eigenvalue weighted by Gasteiger charge is 2.21. The Morgan fingerprint density at radius 2 is 1.38 bits per heavy atom. The molecule has 0 bridgehead atoms. The van der Waals surface area contributed by atoms with Gasteiger partial charge in [-0.2, -0.15) is 0 Å². The smallest absolute Gasteiger partial charge is 0.329 e. The lowest BCUT2D eigenvalue weighted by molar-refractivity contribution is -0.220. The topological polar surface area (TPSA) is 93.1 Å². The van der Waals surface area contributed by atoms with E-state index in [9.17, 15) is 9.59 Å². The van der Waals surface area contributed by atoms with Crippen molar-refractivity contribution >= 4 is 11.9 Å². The van der Waals surface area contributed by atoms with Crippen LogP contribution in [0, 0.1) is 0 Å². The summed E-state index contributed by atoms with van der Waals surface area (Å²) >= 11 is 0. The van der Waals surface area contributed by atoms with Gasteiger partial charge in [0, 0.05) is 0 Å². The van der Waals surface area contributed by atoms with Crippen LogP contribution in [-0.4, -0.2) is 41.2 Å². The lowest BCUT2D eigenvalue weighted by Gasteiger charge is -2.23. The number of hydrogen-bond donors (Lipinski definition) is 2. The van der Waals surface area contributed by atoms with Crippen LogP contribution < -0.4 is 0 Å². The van der Waals surface area contributed by atoms with E-state index in [1.165, 1.54) is 13.8 Å². The molecule has 0 rings (SSSR count). The van der Waals surface area contributed by atoms with E-state index in [4.69, 9.17) is 19.7 Å². The third-order valence-electron chi connectivity index (χ3n) is 1.09. The number of hydrogen-bond acceptors (Lipinski definition) is 4. The molecule has 0 aromatic rings. The minimum Gasteiger partial charge on any atom is -0.480 e. The van der Waals surface area contributed by atoms with E-state index in [0.29, 0.717) is 0 Å². The predicted molar refractivity (Wildman–Crippen MR) is 41.3 cm³/mol. The maximum atomic E-state index is 10.1. The van der Waals surface area contributed by atoms with E-state index in [2.05, 4.69) is 0 Å². The van der Waals surface area contributed by atoms with Crippen molar-refractivity contribution in [3.05, 3.63) is 0 Å². The molecule has 0 fully saturated rings. The van der Waals surface area contributed by atoms with Gasteiger partial charge in [-0.25, -0.2) is 9.59 Å². The Bertz CT molecular complexity index is 177. The van der Waals surface area contributed by atoms with E-state index in [0.717, 1.165) is 0 Å². The van der Waals surface area contributed by atoms with Crippen molar-refractivity contribution < 1.29 is 29.3 Å². The highest BCUT2D eigenvalue weighted by molar-refractivity contribution is 5.68. The summed E-state index contributed by atoms with van der Waals surface area (Å²) in [7, 11) is 0. The second-order valence-electron chi connectivity index (χ2n) is 2.76. The van der Waals surface area contributed by atoms with Gasteiger partial charge in [0.1, 0.15) is 13.2 Å². The molecule has 0 aliphatic heterocycles. The summed E-state index contributed by atoms with van der Waals surface area (Å²) in [4.78, 5) is 20.2. The molecule has 0 heterocycles. The van der Waals surface area contributed by atoms with Crippen LogP contribution >= 0.6 is 0 Å². The van der Waals surface area contributed by atoms with Crippen LogP contribution in [0.4, 0.5) is 0 Å². The zero-order valence-electron chi connectivity index (χ0n) is 7.44. The van der Waals surface area contributed by atoms with Crippen LogP contribution in [0.1, 0.15) is 13.8 Å². The monoisotopic (exact) mass is 192 g/mol. The van der Waals surface area contributed by atoms with Crippen molar-refractivity contribution in [2.24, 2.45) is 0 Å². The molecular weight excluding hydrogens is 180 g/mol. The van der Waals surface area contributed by atoms with Gasteiger partial charge in [0.2, 0.25) is 0 Å². The predicted octanol–water partition coefficient (Wildman–Crippen LogP) is -0.0751. The molecule has 0 saturated heterocycles. The normalized spacial score (nSPS) is 11.2. The van der Waals surface area contributed by atoms with Crippen molar-refractivity contribution in [3.63, 3.8) is 0 Å². The first-order valence-electron chi connectivity index (χ1n) is 3.55. The second kappa shape index (κ2) is 4.78. The zero-order valence-corrected chi connectivity index (χ0v) is 7.44. The third-order valence-corrected chi connectivity index (χ3v) is 1.09. The van der Waals surface area contributed by atoms with Gasteiger partial charge in [-0.05, 0) is 13.8 Å². The van der Waals surface area contributed by atoms with Crippen molar-refractivity contribution in [2.75, 3.05) is 13.2 Å². The number of carbonyl (C=O) groups is 2. The SMILES string of the molecule is CC(C)(OCC(=O)O)OCC(=O)O. The molecule has 0 unspecified atom stereocenters. The van der Waals surface area contributed by atoms with Crippen LogP contribution in [0.3, 0.4) is 0 Å². The molecule has 13 heavy (non-hydrogen) atoms. The highest BCUT2D eigenvalue weighted by Crippen LogP contribution is 2.10. The number of carboxylic acids is 2. The average Bonchev–Trinajstić information content (AvgIpc) is 1.98. The van der Waals surface area contributed by atoms with E-state index < -0.39 is 30.9 Å². The molecule has 0 radical (unpaired) electrons. The molecule has 6 nitrogen and oxygen atoms in total. The lowest BCUT2D eigenvalue weighted by atomic mass is 10.4. The van der Waals surface area contributed by atoms with Crippen LogP contribution in [0.25, 0.3) is 0 Å². The zero-order chi connectivity index (χ0) is 10.5. The Hall–Kier alpha value is -1.14. The number of ether oxygens (including phenoxy) is 2. The van der Waals surface area contributed by atoms with E-state index in [1.807, 2.05) is 0 Å². The van der Waals surface area contributed by atoms with Gasteiger partial charge in [0.25, 0.3) is 0 Å². The van der Waals surface area contributed by atoms with Gasteiger partial charge in [0.05, 0.1) is 0 Å². The summed E-state index contributed by atoms with van der Waals surface area (Å²) in [5.74, 6) is -3.46. The van der Waals surface area contributed by atoms with Crippen LogP contribution in [0.15, 0.2) is 0 Å².